The van der Waals surface area contributed by atoms with Gasteiger partial charge in [-0.15, -0.1) is 0 Å². The third-order valence-corrected chi connectivity index (χ3v) is 7.47. The van der Waals surface area contributed by atoms with Crippen LogP contribution < -0.4 is 0 Å². The quantitative estimate of drug-likeness (QED) is 0.511. The Morgan fingerprint density at radius 3 is 1.16 bits per heavy atom. The van der Waals surface area contributed by atoms with Crippen molar-refractivity contribution in [1.29, 1.82) is 0 Å². The number of carbonyl (C=O) groups excluding carboxylic acids is 2. The van der Waals surface area contributed by atoms with Crippen molar-refractivity contribution in [2.45, 2.75) is 116 Å². The van der Waals surface area contributed by atoms with E-state index in [1.54, 1.807) is 9.80 Å². The summed E-state index contributed by atoms with van der Waals surface area (Å²) in [5.74, 6) is -1.76. The highest BCUT2D eigenvalue weighted by molar-refractivity contribution is 5.75. The minimum absolute atomic E-state index is 0.180. The van der Waals surface area contributed by atoms with Crippen LogP contribution in [-0.2, 0) is 19.1 Å². The third kappa shape index (κ3) is 8.24. The van der Waals surface area contributed by atoms with Crippen LogP contribution in [0.1, 0.15) is 92.9 Å². The fraction of sp³-hybridized carbons (Fsp3) is 0.857. The van der Waals surface area contributed by atoms with Crippen molar-refractivity contribution < 1.29 is 38.9 Å². The first kappa shape index (κ1) is 30.0. The molecule has 38 heavy (non-hydrogen) atoms. The molecule has 0 aromatic carbocycles. The Bertz CT molecular complexity index is 812. The summed E-state index contributed by atoms with van der Waals surface area (Å²) in [4.78, 5) is 50.5. The van der Waals surface area contributed by atoms with Gasteiger partial charge in [-0.2, -0.15) is 0 Å². The first-order valence-electron chi connectivity index (χ1n) is 14.0. The molecule has 2 amide bonds. The molecule has 0 spiro atoms. The van der Waals surface area contributed by atoms with Gasteiger partial charge in [-0.3, -0.25) is 9.59 Å². The maximum absolute atomic E-state index is 12.2. The molecule has 216 valence electrons. The first-order chi connectivity index (χ1) is 17.6. The van der Waals surface area contributed by atoms with E-state index >= 15 is 0 Å². The summed E-state index contributed by atoms with van der Waals surface area (Å²) in [5.41, 5.74) is -1.08. The highest BCUT2D eigenvalue weighted by Crippen LogP contribution is 2.43. The van der Waals surface area contributed by atoms with Gasteiger partial charge in [0.15, 0.2) is 0 Å². The molecular formula is C28H46N2O8. The minimum Gasteiger partial charge on any atom is -0.481 e. The Hall–Kier alpha value is -2.52. The maximum Gasteiger partial charge on any atom is 0.410 e. The molecule has 2 N–H and O–H groups in total. The van der Waals surface area contributed by atoms with Crippen molar-refractivity contribution in [1.82, 2.24) is 9.80 Å². The van der Waals surface area contributed by atoms with Crippen LogP contribution in [0.3, 0.4) is 0 Å². The van der Waals surface area contributed by atoms with Gasteiger partial charge in [-0.05, 0) is 105 Å². The van der Waals surface area contributed by atoms with Crippen molar-refractivity contribution in [2.24, 2.45) is 23.7 Å². The molecule has 4 aliphatic rings. The van der Waals surface area contributed by atoms with Gasteiger partial charge in [-0.1, -0.05) is 0 Å². The smallest absolute Gasteiger partial charge is 0.410 e. The number of ether oxygens (including phenoxy) is 2. The maximum atomic E-state index is 12.2. The summed E-state index contributed by atoms with van der Waals surface area (Å²) >= 11 is 0. The zero-order valence-corrected chi connectivity index (χ0v) is 23.8. The zero-order valence-electron chi connectivity index (χ0n) is 23.8. The fourth-order valence-electron chi connectivity index (χ4n) is 5.68. The number of carbonyl (C=O) groups is 4. The highest BCUT2D eigenvalue weighted by atomic mass is 16.6. The van der Waals surface area contributed by atoms with Crippen LogP contribution in [0.15, 0.2) is 0 Å². The molecule has 2 aliphatic heterocycles. The standard InChI is InChI=1S/2C14H23NO4/c2*1-14(2,3)19-13(18)15-8-4-5-10(12(16)17)11(15)9-6-7-9/h2*9-11H,4-8H2,1-3H3,(H,16,17)/t2*10-,11-/m10/s1. The van der Waals surface area contributed by atoms with Crippen LogP contribution in [0.4, 0.5) is 9.59 Å². The number of amides is 2. The summed E-state index contributed by atoms with van der Waals surface area (Å²) in [7, 11) is 0. The first-order valence-corrected chi connectivity index (χ1v) is 14.0. The van der Waals surface area contributed by atoms with Gasteiger partial charge in [0.2, 0.25) is 0 Å². The summed E-state index contributed by atoms with van der Waals surface area (Å²) < 4.78 is 10.8. The van der Waals surface area contributed by atoms with Crippen molar-refractivity contribution in [3.8, 4) is 0 Å². The second-order valence-electron chi connectivity index (χ2n) is 13.2. The van der Waals surface area contributed by atoms with Crippen LogP contribution >= 0.6 is 0 Å². The summed E-state index contributed by atoms with van der Waals surface area (Å²) in [6.07, 6.45) is 6.15. The molecular weight excluding hydrogens is 492 g/mol. The van der Waals surface area contributed by atoms with Crippen LogP contribution in [-0.4, -0.2) is 80.5 Å². The number of piperidine rings is 2. The van der Waals surface area contributed by atoms with Crippen molar-refractivity contribution in [2.75, 3.05) is 13.1 Å². The highest BCUT2D eigenvalue weighted by Gasteiger charge is 2.49. The van der Waals surface area contributed by atoms with Gasteiger partial charge in [0.05, 0.1) is 23.9 Å². The Balaban J connectivity index is 0.000000211. The van der Waals surface area contributed by atoms with Gasteiger partial charge in [0.1, 0.15) is 11.2 Å². The number of rotatable bonds is 4. The van der Waals surface area contributed by atoms with E-state index in [0.717, 1.165) is 38.5 Å². The number of hydrogen-bond acceptors (Lipinski definition) is 6. The Morgan fingerprint density at radius 1 is 0.605 bits per heavy atom. The molecule has 4 rings (SSSR count). The molecule has 10 heteroatoms. The van der Waals surface area contributed by atoms with E-state index in [4.69, 9.17) is 9.47 Å². The molecule has 4 fully saturated rings. The number of likely N-dealkylation sites (tertiary alicyclic amines) is 2. The Kier molecular flexibility index (Phi) is 9.24. The molecule has 10 nitrogen and oxygen atoms in total. The number of aliphatic carboxylic acids is 2. The molecule has 2 saturated heterocycles. The van der Waals surface area contributed by atoms with Crippen LogP contribution in [0, 0.1) is 23.7 Å². The number of nitrogens with zero attached hydrogens (tertiary/aromatic N) is 2. The summed E-state index contributed by atoms with van der Waals surface area (Å²) in [5, 5.41) is 18.7. The normalized spacial score (nSPS) is 28.1. The van der Waals surface area contributed by atoms with E-state index < -0.39 is 35.0 Å². The van der Waals surface area contributed by atoms with E-state index in [1.807, 2.05) is 41.5 Å². The summed E-state index contributed by atoms with van der Waals surface area (Å²) in [6, 6.07) is -0.359. The van der Waals surface area contributed by atoms with Crippen molar-refractivity contribution in [3.05, 3.63) is 0 Å². The average molecular weight is 539 g/mol. The lowest BCUT2D eigenvalue weighted by molar-refractivity contribution is -0.147. The Labute approximate surface area is 226 Å². The third-order valence-electron chi connectivity index (χ3n) is 7.47. The van der Waals surface area contributed by atoms with E-state index in [2.05, 4.69) is 0 Å². The molecule has 2 heterocycles. The zero-order chi connectivity index (χ0) is 28.4. The van der Waals surface area contributed by atoms with Crippen molar-refractivity contribution in [3.63, 3.8) is 0 Å². The van der Waals surface area contributed by atoms with Gasteiger partial charge in [-0.25, -0.2) is 9.59 Å². The number of carboxylic acid groups (broad SMARTS) is 2. The molecule has 2 saturated carbocycles. The van der Waals surface area contributed by atoms with E-state index in [1.165, 1.54) is 0 Å². The predicted molar refractivity (Wildman–Crippen MR) is 140 cm³/mol. The average Bonchev–Trinajstić information content (AvgIpc) is 3.69. The predicted octanol–water partition coefficient (Wildman–Crippen LogP) is 4.99. The molecule has 0 aromatic heterocycles. The van der Waals surface area contributed by atoms with E-state index in [-0.39, 0.29) is 24.3 Å². The van der Waals surface area contributed by atoms with Crippen LogP contribution in [0.2, 0.25) is 0 Å². The summed E-state index contributed by atoms with van der Waals surface area (Å²) in [6.45, 7) is 12.2. The van der Waals surface area contributed by atoms with Crippen molar-refractivity contribution >= 4 is 24.1 Å². The molecule has 2 aliphatic carbocycles. The second-order valence-corrected chi connectivity index (χ2v) is 13.2. The number of carboxylic acids is 2. The van der Waals surface area contributed by atoms with Crippen LogP contribution in [0.25, 0.3) is 0 Å². The van der Waals surface area contributed by atoms with Gasteiger partial charge in [0, 0.05) is 13.1 Å². The number of hydrogen-bond donors (Lipinski definition) is 2. The largest absolute Gasteiger partial charge is 0.481 e. The lowest BCUT2D eigenvalue weighted by atomic mass is 9.86. The van der Waals surface area contributed by atoms with Gasteiger partial charge < -0.3 is 29.5 Å². The lowest BCUT2D eigenvalue weighted by Crippen LogP contribution is -2.53. The van der Waals surface area contributed by atoms with Gasteiger partial charge in [0.25, 0.3) is 0 Å². The molecule has 0 unspecified atom stereocenters. The van der Waals surface area contributed by atoms with E-state index in [0.29, 0.717) is 37.8 Å². The topological polar surface area (TPSA) is 134 Å². The van der Waals surface area contributed by atoms with Crippen LogP contribution in [0.5, 0.6) is 0 Å². The van der Waals surface area contributed by atoms with Gasteiger partial charge >= 0.3 is 24.1 Å². The molecule has 0 bridgehead atoms. The fourth-order valence-corrected chi connectivity index (χ4v) is 5.68. The molecule has 0 radical (unpaired) electrons. The minimum atomic E-state index is -0.787. The monoisotopic (exact) mass is 538 g/mol. The molecule has 0 aromatic rings. The second kappa shape index (κ2) is 11.7. The molecule has 4 atom stereocenters. The van der Waals surface area contributed by atoms with E-state index in [9.17, 15) is 29.4 Å². The Morgan fingerprint density at radius 2 is 0.921 bits per heavy atom. The lowest BCUT2D eigenvalue weighted by Gasteiger charge is -2.40. The SMILES string of the molecule is CC(C)(C)OC(=O)N1CCC[C@@H](C(=O)O)[C@H]1C1CC1.CC(C)(C)OC(=O)N1CCC[C@H](C(=O)O)[C@@H]1C1CC1.